The van der Waals surface area contributed by atoms with Gasteiger partial charge in [-0.25, -0.2) is 0 Å². The number of hydrogen-bond donors (Lipinski definition) is 1. The molecule has 0 aliphatic heterocycles. The van der Waals surface area contributed by atoms with Crippen molar-refractivity contribution in [2.45, 2.75) is 6.61 Å². The maximum Gasteiger partial charge on any atom is 0.275 e. The highest BCUT2D eigenvalue weighted by Gasteiger charge is 2.13. The number of nitro benzene ring substituents is 1. The summed E-state index contributed by atoms with van der Waals surface area (Å²) in [7, 11) is 0. The average Bonchev–Trinajstić information content (AvgIpc) is 2.41. The highest BCUT2D eigenvalue weighted by Crippen LogP contribution is 2.28. The third kappa shape index (κ3) is 3.30. The van der Waals surface area contributed by atoms with Crippen molar-refractivity contribution in [2.24, 2.45) is 0 Å². The Kier molecular flexibility index (Phi) is 4.13. The third-order valence-corrected chi connectivity index (χ3v) is 3.00. The molecule has 1 N–H and O–H groups in total. The molecule has 2 aromatic rings. The van der Waals surface area contributed by atoms with Crippen LogP contribution in [0.1, 0.15) is 5.56 Å². The minimum atomic E-state index is -0.533. The lowest BCUT2D eigenvalue weighted by Crippen LogP contribution is -1.96. The van der Waals surface area contributed by atoms with E-state index in [2.05, 4.69) is 15.9 Å². The monoisotopic (exact) mass is 323 g/mol. The van der Waals surface area contributed by atoms with E-state index in [0.717, 1.165) is 4.47 Å². The molecule has 0 spiro atoms. The second kappa shape index (κ2) is 5.81. The molecular formula is C13H10BrNO4. The van der Waals surface area contributed by atoms with Gasteiger partial charge >= 0.3 is 0 Å². The summed E-state index contributed by atoms with van der Waals surface area (Å²) in [6, 6.07) is 11.5. The van der Waals surface area contributed by atoms with Crippen LogP contribution in [0.25, 0.3) is 0 Å². The van der Waals surface area contributed by atoms with E-state index in [9.17, 15) is 10.1 Å². The number of hydrogen-bond acceptors (Lipinski definition) is 4. The predicted molar refractivity (Wildman–Crippen MR) is 73.2 cm³/mol. The van der Waals surface area contributed by atoms with Crippen LogP contribution in [0.2, 0.25) is 0 Å². The number of aliphatic hydroxyl groups is 1. The number of rotatable bonds is 4. The van der Waals surface area contributed by atoms with Crippen molar-refractivity contribution in [1.29, 1.82) is 0 Å². The highest BCUT2D eigenvalue weighted by molar-refractivity contribution is 9.10. The van der Waals surface area contributed by atoms with Gasteiger partial charge in [0.05, 0.1) is 17.1 Å². The smallest absolute Gasteiger partial charge is 0.275 e. The van der Waals surface area contributed by atoms with Gasteiger partial charge in [-0.3, -0.25) is 10.1 Å². The van der Waals surface area contributed by atoms with Gasteiger partial charge in [0.15, 0.2) is 0 Å². The summed E-state index contributed by atoms with van der Waals surface area (Å²) in [5.74, 6) is 1.05. The number of ether oxygens (including phenoxy) is 1. The number of halogens is 1. The van der Waals surface area contributed by atoms with Gasteiger partial charge in [0.1, 0.15) is 11.5 Å². The molecule has 0 atom stereocenters. The van der Waals surface area contributed by atoms with E-state index >= 15 is 0 Å². The molecule has 0 radical (unpaired) electrons. The van der Waals surface area contributed by atoms with Crippen LogP contribution in [-0.2, 0) is 6.61 Å². The second-order valence-electron chi connectivity index (χ2n) is 3.76. The summed E-state index contributed by atoms with van der Waals surface area (Å²) in [6.07, 6.45) is 0. The van der Waals surface area contributed by atoms with Crippen LogP contribution in [0.3, 0.4) is 0 Å². The molecule has 0 heterocycles. The molecule has 0 aliphatic rings. The van der Waals surface area contributed by atoms with Crippen molar-refractivity contribution < 1.29 is 14.8 Å². The van der Waals surface area contributed by atoms with E-state index in [-0.39, 0.29) is 11.3 Å². The van der Waals surface area contributed by atoms with Gasteiger partial charge in [0.2, 0.25) is 0 Å². The molecular weight excluding hydrogens is 314 g/mol. The Hall–Kier alpha value is -1.92. The molecule has 0 aromatic heterocycles. The molecule has 5 nitrogen and oxygen atoms in total. The van der Waals surface area contributed by atoms with E-state index in [0.29, 0.717) is 11.5 Å². The number of nitrogens with zero attached hydrogens (tertiary/aromatic N) is 1. The lowest BCUT2D eigenvalue weighted by atomic mass is 10.2. The van der Waals surface area contributed by atoms with Crippen molar-refractivity contribution in [1.82, 2.24) is 0 Å². The Bertz CT molecular complexity index is 598. The van der Waals surface area contributed by atoms with Crippen LogP contribution < -0.4 is 4.74 Å². The van der Waals surface area contributed by atoms with Crippen LogP contribution in [0.5, 0.6) is 11.5 Å². The van der Waals surface area contributed by atoms with Gasteiger partial charge in [-0.1, -0.05) is 15.9 Å². The molecule has 0 saturated carbocycles. The molecule has 0 fully saturated rings. The normalized spacial score (nSPS) is 10.2. The van der Waals surface area contributed by atoms with Crippen molar-refractivity contribution in [3.8, 4) is 11.5 Å². The van der Waals surface area contributed by atoms with E-state index in [4.69, 9.17) is 9.84 Å². The van der Waals surface area contributed by atoms with Gasteiger partial charge in [0, 0.05) is 10.5 Å². The van der Waals surface area contributed by atoms with Crippen LogP contribution in [-0.4, -0.2) is 10.0 Å². The molecule has 2 aromatic carbocycles. The fourth-order valence-electron chi connectivity index (χ4n) is 1.57. The zero-order valence-corrected chi connectivity index (χ0v) is 11.3. The molecule has 6 heteroatoms. The fraction of sp³-hybridized carbons (Fsp3) is 0.0769. The molecule has 2 rings (SSSR count). The molecule has 19 heavy (non-hydrogen) atoms. The maximum absolute atomic E-state index is 10.7. The summed E-state index contributed by atoms with van der Waals surface area (Å²) in [5, 5.41) is 19.9. The first-order valence-electron chi connectivity index (χ1n) is 5.42. The van der Waals surface area contributed by atoms with E-state index in [1.807, 2.05) is 12.1 Å². The van der Waals surface area contributed by atoms with Gasteiger partial charge in [-0.15, -0.1) is 0 Å². The Morgan fingerprint density at radius 3 is 2.37 bits per heavy atom. The summed E-state index contributed by atoms with van der Waals surface area (Å²) < 4.78 is 6.49. The zero-order chi connectivity index (χ0) is 13.8. The summed E-state index contributed by atoms with van der Waals surface area (Å²) in [6.45, 7) is -0.409. The number of benzene rings is 2. The second-order valence-corrected chi connectivity index (χ2v) is 4.68. The van der Waals surface area contributed by atoms with Crippen LogP contribution in [0.15, 0.2) is 46.9 Å². The fourth-order valence-corrected chi connectivity index (χ4v) is 1.83. The van der Waals surface area contributed by atoms with Crippen molar-refractivity contribution >= 4 is 21.6 Å². The average molecular weight is 324 g/mol. The standard InChI is InChI=1S/C13H10BrNO4/c14-10-1-3-11(4-2-10)19-12-5-6-13(15(17)18)9(7-12)8-16/h1-7,16H,8H2. The molecule has 0 saturated heterocycles. The minimum Gasteiger partial charge on any atom is -0.457 e. The Morgan fingerprint density at radius 1 is 1.16 bits per heavy atom. The lowest BCUT2D eigenvalue weighted by molar-refractivity contribution is -0.385. The van der Waals surface area contributed by atoms with Gasteiger partial charge in [0.25, 0.3) is 5.69 Å². The van der Waals surface area contributed by atoms with Gasteiger partial charge < -0.3 is 9.84 Å². The molecule has 0 amide bonds. The Balaban J connectivity index is 2.26. The number of aliphatic hydroxyl groups excluding tert-OH is 1. The van der Waals surface area contributed by atoms with Crippen molar-refractivity contribution in [3.05, 3.63) is 62.6 Å². The topological polar surface area (TPSA) is 72.6 Å². The minimum absolute atomic E-state index is 0.120. The van der Waals surface area contributed by atoms with Crippen LogP contribution in [0, 0.1) is 10.1 Å². The summed E-state index contributed by atoms with van der Waals surface area (Å²) in [5.41, 5.74) is 0.102. The predicted octanol–water partition coefficient (Wildman–Crippen LogP) is 3.64. The Morgan fingerprint density at radius 2 is 1.79 bits per heavy atom. The SMILES string of the molecule is O=[N+]([O-])c1ccc(Oc2ccc(Br)cc2)cc1CO. The van der Waals surface area contributed by atoms with Crippen LogP contribution in [0.4, 0.5) is 5.69 Å². The highest BCUT2D eigenvalue weighted by atomic mass is 79.9. The van der Waals surface area contributed by atoms with E-state index in [1.165, 1.54) is 18.2 Å². The van der Waals surface area contributed by atoms with Crippen molar-refractivity contribution in [3.63, 3.8) is 0 Å². The number of nitro groups is 1. The summed E-state index contributed by atoms with van der Waals surface area (Å²) in [4.78, 5) is 10.2. The first-order chi connectivity index (χ1) is 9.10. The largest absolute Gasteiger partial charge is 0.457 e. The third-order valence-electron chi connectivity index (χ3n) is 2.47. The van der Waals surface area contributed by atoms with Crippen molar-refractivity contribution in [2.75, 3.05) is 0 Å². The van der Waals surface area contributed by atoms with Gasteiger partial charge in [-0.05, 0) is 36.4 Å². The lowest BCUT2D eigenvalue weighted by Gasteiger charge is -2.07. The molecule has 0 unspecified atom stereocenters. The molecule has 98 valence electrons. The maximum atomic E-state index is 10.7. The van der Waals surface area contributed by atoms with Crippen LogP contribution >= 0.6 is 15.9 Å². The molecule has 0 aliphatic carbocycles. The zero-order valence-electron chi connectivity index (χ0n) is 9.75. The van der Waals surface area contributed by atoms with E-state index < -0.39 is 11.5 Å². The molecule has 0 bridgehead atoms. The Labute approximate surface area is 117 Å². The first kappa shape index (κ1) is 13.5. The first-order valence-corrected chi connectivity index (χ1v) is 6.21. The quantitative estimate of drug-likeness (QED) is 0.688. The summed E-state index contributed by atoms with van der Waals surface area (Å²) >= 11 is 3.32. The van der Waals surface area contributed by atoms with E-state index in [1.54, 1.807) is 12.1 Å². The van der Waals surface area contributed by atoms with Gasteiger partial charge in [-0.2, -0.15) is 0 Å².